The zero-order chi connectivity index (χ0) is 25.5. The number of nitrogens with zero attached hydrogens (tertiary/aromatic N) is 1. The average Bonchev–Trinajstić information content (AvgIpc) is 3.16. The number of hydrogen-bond acceptors (Lipinski definition) is 4. The van der Waals surface area contributed by atoms with Crippen LogP contribution in [0, 0.1) is 5.82 Å². The van der Waals surface area contributed by atoms with Gasteiger partial charge in [0.25, 0.3) is 5.60 Å². The summed E-state index contributed by atoms with van der Waals surface area (Å²) in [7, 11) is 0. The van der Waals surface area contributed by atoms with Gasteiger partial charge < -0.3 is 14.9 Å². The summed E-state index contributed by atoms with van der Waals surface area (Å²) in [6.45, 7) is 4.75. The smallest absolute Gasteiger partial charge is 0.435 e. The normalized spacial score (nSPS) is 18.4. The number of carbonyl (C=O) groups excluding carboxylic acids is 1. The summed E-state index contributed by atoms with van der Waals surface area (Å²) in [6.07, 6.45) is -6.40. The Morgan fingerprint density at radius 3 is 2.32 bits per heavy atom. The number of carbonyl (C=O) groups is 1. The summed E-state index contributed by atoms with van der Waals surface area (Å²) >= 11 is 17.7. The summed E-state index contributed by atoms with van der Waals surface area (Å²) in [5.41, 5.74) is -3.89. The van der Waals surface area contributed by atoms with Gasteiger partial charge in [-0.15, -0.1) is 0 Å². The van der Waals surface area contributed by atoms with E-state index >= 15 is 0 Å². The Balaban J connectivity index is 1.88. The predicted octanol–water partition coefficient (Wildman–Crippen LogP) is 7.39. The zero-order valence-corrected chi connectivity index (χ0v) is 20.4. The van der Waals surface area contributed by atoms with Crippen molar-refractivity contribution in [2.45, 2.75) is 51.1 Å². The molecule has 1 unspecified atom stereocenters. The maximum atomic E-state index is 14.3. The molecule has 0 radical (unpaired) electrons. The summed E-state index contributed by atoms with van der Waals surface area (Å²) in [5.74, 6) is -0.669. The molecule has 2 aromatic rings. The van der Waals surface area contributed by atoms with Crippen molar-refractivity contribution < 1.29 is 31.9 Å². The Bertz CT molecular complexity index is 1130. The van der Waals surface area contributed by atoms with Crippen LogP contribution in [-0.2, 0) is 21.7 Å². The summed E-state index contributed by atoms with van der Waals surface area (Å²) in [6, 6.07) is 5.64. The molecule has 1 amide bonds. The van der Waals surface area contributed by atoms with E-state index in [0.717, 1.165) is 18.2 Å². The lowest BCUT2D eigenvalue weighted by molar-refractivity contribution is -0.275. The number of alkyl carbamates (subject to hydrolysis) is 1. The first kappa shape index (κ1) is 26.4. The van der Waals surface area contributed by atoms with Crippen molar-refractivity contribution in [3.63, 3.8) is 0 Å². The first-order valence-electron chi connectivity index (χ1n) is 9.85. The second-order valence-electron chi connectivity index (χ2n) is 8.55. The van der Waals surface area contributed by atoms with Gasteiger partial charge in [-0.05, 0) is 45.0 Å². The molecule has 3 rings (SSSR count). The fourth-order valence-corrected chi connectivity index (χ4v) is 3.81. The fraction of sp³-hybridized carbons (Fsp3) is 0.364. The molecule has 0 saturated carbocycles. The standard InChI is InChI=1S/C22H19Cl3F4N2O3/c1-20(2,3)33-19(32)30-10-12-6-11(4-5-16(12)26)17-9-21(34-31-17,22(27,28)29)13-7-14(23)18(25)15(24)8-13/h4-8H,9-10H2,1-3H3,(H,30,32). The number of ether oxygens (including phenoxy) is 1. The van der Waals surface area contributed by atoms with Crippen LogP contribution in [0.5, 0.6) is 0 Å². The highest BCUT2D eigenvalue weighted by molar-refractivity contribution is 6.48. The largest absolute Gasteiger partial charge is 0.444 e. The van der Waals surface area contributed by atoms with Crippen LogP contribution in [0.15, 0.2) is 35.5 Å². The topological polar surface area (TPSA) is 59.9 Å². The summed E-state index contributed by atoms with van der Waals surface area (Å²) in [5, 5.41) is 5.60. The van der Waals surface area contributed by atoms with E-state index in [4.69, 9.17) is 44.4 Å². The Labute approximate surface area is 207 Å². The molecule has 5 nitrogen and oxygen atoms in total. The lowest BCUT2D eigenvalue weighted by atomic mass is 9.86. The third-order valence-electron chi connectivity index (χ3n) is 4.84. The highest BCUT2D eigenvalue weighted by Crippen LogP contribution is 2.50. The van der Waals surface area contributed by atoms with Crippen molar-refractivity contribution >= 4 is 46.6 Å². The van der Waals surface area contributed by atoms with Gasteiger partial charge in [-0.25, -0.2) is 9.18 Å². The van der Waals surface area contributed by atoms with E-state index < -0.39 is 35.7 Å². The molecular formula is C22H19Cl3F4N2O3. The third-order valence-corrected chi connectivity index (χ3v) is 6.03. The predicted molar refractivity (Wildman–Crippen MR) is 121 cm³/mol. The fourth-order valence-electron chi connectivity index (χ4n) is 3.22. The molecular weight excluding hydrogens is 523 g/mol. The van der Waals surface area contributed by atoms with Crippen LogP contribution in [0.25, 0.3) is 0 Å². The first-order chi connectivity index (χ1) is 15.6. The second kappa shape index (κ2) is 9.43. The highest BCUT2D eigenvalue weighted by Gasteiger charge is 2.62. The second-order valence-corrected chi connectivity index (χ2v) is 9.74. The Hall–Kier alpha value is -2.23. The van der Waals surface area contributed by atoms with Crippen molar-refractivity contribution in [2.24, 2.45) is 5.16 Å². The lowest BCUT2D eigenvalue weighted by Gasteiger charge is -2.30. The minimum atomic E-state index is -4.90. The Kier molecular flexibility index (Phi) is 7.32. The van der Waals surface area contributed by atoms with Crippen LogP contribution >= 0.6 is 34.8 Å². The summed E-state index contributed by atoms with van der Waals surface area (Å²) in [4.78, 5) is 16.8. The minimum absolute atomic E-state index is 0.0214. The average molecular weight is 542 g/mol. The van der Waals surface area contributed by atoms with Gasteiger partial charge in [-0.3, -0.25) is 0 Å². The Morgan fingerprint density at radius 2 is 1.76 bits per heavy atom. The van der Waals surface area contributed by atoms with Gasteiger partial charge in [0.05, 0.1) is 20.8 Å². The van der Waals surface area contributed by atoms with Gasteiger partial charge in [0.1, 0.15) is 11.4 Å². The quantitative estimate of drug-likeness (QED) is 0.324. The highest BCUT2D eigenvalue weighted by atomic mass is 35.5. The number of amides is 1. The van der Waals surface area contributed by atoms with Gasteiger partial charge in [-0.2, -0.15) is 13.2 Å². The van der Waals surface area contributed by atoms with E-state index in [9.17, 15) is 22.4 Å². The number of hydrogen-bond donors (Lipinski definition) is 1. The maximum Gasteiger partial charge on any atom is 0.435 e. The molecule has 1 N–H and O–H groups in total. The first-order valence-corrected chi connectivity index (χ1v) is 11.0. The molecule has 0 aliphatic carbocycles. The molecule has 2 aromatic carbocycles. The van der Waals surface area contributed by atoms with E-state index in [2.05, 4.69) is 10.5 Å². The molecule has 0 bridgehead atoms. The molecule has 1 aliphatic rings. The van der Waals surface area contributed by atoms with Crippen LogP contribution < -0.4 is 5.32 Å². The molecule has 184 valence electrons. The SMILES string of the molecule is CC(C)(C)OC(=O)NCc1cc(C2=NOC(c3cc(Cl)c(Cl)c(Cl)c3)(C(F)(F)F)C2)ccc1F. The zero-order valence-electron chi connectivity index (χ0n) is 18.1. The number of oxime groups is 1. The van der Waals surface area contributed by atoms with E-state index in [-0.39, 0.29) is 44.0 Å². The van der Waals surface area contributed by atoms with E-state index in [1.54, 1.807) is 20.8 Å². The third kappa shape index (κ3) is 5.53. The van der Waals surface area contributed by atoms with Crippen LogP contribution in [0.3, 0.4) is 0 Å². The molecule has 1 atom stereocenters. The number of rotatable bonds is 4. The maximum absolute atomic E-state index is 14.3. The van der Waals surface area contributed by atoms with Gasteiger partial charge in [0.15, 0.2) is 0 Å². The molecule has 34 heavy (non-hydrogen) atoms. The van der Waals surface area contributed by atoms with Gasteiger partial charge in [0, 0.05) is 29.7 Å². The van der Waals surface area contributed by atoms with E-state index in [0.29, 0.717) is 0 Å². The number of alkyl halides is 3. The molecule has 12 heteroatoms. The molecule has 0 saturated heterocycles. The Morgan fingerprint density at radius 1 is 1.15 bits per heavy atom. The molecule has 0 fully saturated rings. The van der Waals surface area contributed by atoms with Crippen LogP contribution in [0.2, 0.25) is 15.1 Å². The number of benzene rings is 2. The van der Waals surface area contributed by atoms with Crippen molar-refractivity contribution in [3.8, 4) is 0 Å². The number of halogens is 7. The molecule has 1 heterocycles. The van der Waals surface area contributed by atoms with E-state index in [1.807, 2.05) is 0 Å². The van der Waals surface area contributed by atoms with Crippen molar-refractivity contribution in [1.29, 1.82) is 0 Å². The summed E-state index contributed by atoms with van der Waals surface area (Å²) < 4.78 is 62.0. The number of nitrogens with one attached hydrogen (secondary N) is 1. The van der Waals surface area contributed by atoms with Gasteiger partial charge in [-0.1, -0.05) is 46.0 Å². The van der Waals surface area contributed by atoms with Crippen LogP contribution in [0.1, 0.15) is 43.9 Å². The minimum Gasteiger partial charge on any atom is -0.444 e. The van der Waals surface area contributed by atoms with Gasteiger partial charge in [0.2, 0.25) is 0 Å². The monoisotopic (exact) mass is 540 g/mol. The molecule has 0 spiro atoms. The van der Waals surface area contributed by atoms with Crippen molar-refractivity contribution in [3.05, 3.63) is 67.9 Å². The lowest BCUT2D eigenvalue weighted by Crippen LogP contribution is -2.42. The molecule has 0 aromatic heterocycles. The van der Waals surface area contributed by atoms with E-state index in [1.165, 1.54) is 12.1 Å². The van der Waals surface area contributed by atoms with Crippen LogP contribution in [-0.4, -0.2) is 23.6 Å². The van der Waals surface area contributed by atoms with Crippen LogP contribution in [0.4, 0.5) is 22.4 Å². The van der Waals surface area contributed by atoms with Crippen molar-refractivity contribution in [1.82, 2.24) is 5.32 Å². The van der Waals surface area contributed by atoms with Gasteiger partial charge >= 0.3 is 12.3 Å². The van der Waals surface area contributed by atoms with Crippen molar-refractivity contribution in [2.75, 3.05) is 0 Å². The molecule has 1 aliphatic heterocycles.